The Morgan fingerprint density at radius 3 is 2.70 bits per heavy atom. The highest BCUT2D eigenvalue weighted by Gasteiger charge is 2.11. The summed E-state index contributed by atoms with van der Waals surface area (Å²) in [5, 5.41) is 22.2. The summed E-state index contributed by atoms with van der Waals surface area (Å²) >= 11 is 0. The number of aromatic nitrogens is 2. The summed E-state index contributed by atoms with van der Waals surface area (Å²) in [6.45, 7) is 0. The lowest BCUT2D eigenvalue weighted by molar-refractivity contribution is 0.463. The van der Waals surface area contributed by atoms with Gasteiger partial charge in [0.2, 0.25) is 0 Å². The van der Waals surface area contributed by atoms with Crippen LogP contribution in [0.5, 0.6) is 11.6 Å². The Bertz CT molecular complexity index is 934. The first-order chi connectivity index (χ1) is 9.72. The average molecular weight is 264 g/mol. The van der Waals surface area contributed by atoms with Crippen LogP contribution in [0.15, 0.2) is 48.7 Å². The van der Waals surface area contributed by atoms with Gasteiger partial charge >= 0.3 is 0 Å². The third-order valence-electron chi connectivity index (χ3n) is 3.59. The molecule has 0 bridgehead atoms. The summed E-state index contributed by atoms with van der Waals surface area (Å²) in [6.07, 6.45) is 1.78. The Labute approximate surface area is 114 Å². The van der Waals surface area contributed by atoms with Crippen LogP contribution in [0.2, 0.25) is 0 Å². The number of aromatic hydroxyl groups is 2. The summed E-state index contributed by atoms with van der Waals surface area (Å²) < 4.78 is 0. The molecule has 0 radical (unpaired) electrons. The largest absolute Gasteiger partial charge is 0.508 e. The fourth-order valence-electron chi connectivity index (χ4n) is 2.66. The molecule has 2 heterocycles. The SMILES string of the molecule is Oc1ccc2[nH]c(-c3cccc4c[nH]c(O)c34)cc2c1. The van der Waals surface area contributed by atoms with Crippen LogP contribution < -0.4 is 0 Å². The Balaban J connectivity index is 2.03. The number of rotatable bonds is 1. The first-order valence-electron chi connectivity index (χ1n) is 6.33. The van der Waals surface area contributed by atoms with E-state index in [-0.39, 0.29) is 11.6 Å². The minimum absolute atomic E-state index is 0.164. The number of benzene rings is 2. The zero-order valence-corrected chi connectivity index (χ0v) is 10.5. The van der Waals surface area contributed by atoms with Crippen molar-refractivity contribution in [1.82, 2.24) is 9.97 Å². The molecule has 0 fully saturated rings. The molecular weight excluding hydrogens is 252 g/mol. The molecule has 0 unspecified atom stereocenters. The number of phenolic OH excluding ortho intramolecular Hbond substituents is 1. The maximum atomic E-state index is 9.96. The molecule has 20 heavy (non-hydrogen) atoms. The van der Waals surface area contributed by atoms with Gasteiger partial charge in [-0.3, -0.25) is 0 Å². The van der Waals surface area contributed by atoms with Crippen LogP contribution in [-0.2, 0) is 0 Å². The standard InChI is InChI=1S/C16H12N2O2/c19-11-4-5-13-10(6-11)7-14(18-13)12-3-1-2-9-8-17-16(20)15(9)12/h1-8,17-20H. The van der Waals surface area contributed by atoms with Gasteiger partial charge in [-0.15, -0.1) is 0 Å². The van der Waals surface area contributed by atoms with Gasteiger partial charge in [-0.25, -0.2) is 0 Å². The Morgan fingerprint density at radius 2 is 1.80 bits per heavy atom. The molecule has 0 spiro atoms. The van der Waals surface area contributed by atoms with Gasteiger partial charge in [0.05, 0.1) is 5.39 Å². The van der Waals surface area contributed by atoms with Gasteiger partial charge in [-0.05, 0) is 24.3 Å². The number of phenols is 1. The molecule has 0 atom stereocenters. The number of aromatic amines is 2. The second-order valence-electron chi connectivity index (χ2n) is 4.86. The molecule has 4 heteroatoms. The van der Waals surface area contributed by atoms with Crippen molar-refractivity contribution in [2.24, 2.45) is 0 Å². The van der Waals surface area contributed by atoms with E-state index in [1.54, 1.807) is 18.3 Å². The van der Waals surface area contributed by atoms with Gasteiger partial charge in [0.25, 0.3) is 0 Å². The molecule has 0 amide bonds. The highest BCUT2D eigenvalue weighted by atomic mass is 16.3. The van der Waals surface area contributed by atoms with E-state index in [9.17, 15) is 10.2 Å². The summed E-state index contributed by atoms with van der Waals surface area (Å²) in [5.41, 5.74) is 2.79. The Kier molecular flexibility index (Phi) is 2.09. The Morgan fingerprint density at radius 1 is 0.900 bits per heavy atom. The van der Waals surface area contributed by atoms with Crippen molar-refractivity contribution in [1.29, 1.82) is 0 Å². The van der Waals surface area contributed by atoms with Crippen LogP contribution in [0.4, 0.5) is 0 Å². The second kappa shape index (κ2) is 3.81. The number of nitrogens with one attached hydrogen (secondary N) is 2. The molecule has 4 aromatic rings. The fourth-order valence-corrected chi connectivity index (χ4v) is 2.66. The molecule has 0 aliphatic rings. The number of fused-ring (bicyclic) bond motifs is 2. The second-order valence-corrected chi connectivity index (χ2v) is 4.86. The minimum atomic E-state index is 0.164. The van der Waals surface area contributed by atoms with E-state index in [4.69, 9.17) is 0 Å². The molecular formula is C16H12N2O2. The predicted octanol–water partition coefficient (Wildman–Crippen LogP) is 3.73. The summed E-state index contributed by atoms with van der Waals surface area (Å²) in [7, 11) is 0. The van der Waals surface area contributed by atoms with E-state index in [0.717, 1.165) is 32.9 Å². The van der Waals surface area contributed by atoms with Crippen molar-refractivity contribution in [2.45, 2.75) is 0 Å². The van der Waals surface area contributed by atoms with Crippen molar-refractivity contribution in [3.63, 3.8) is 0 Å². The van der Waals surface area contributed by atoms with Crippen LogP contribution in [0.3, 0.4) is 0 Å². The van der Waals surface area contributed by atoms with E-state index in [1.165, 1.54) is 0 Å². The topological polar surface area (TPSA) is 72.0 Å². The smallest absolute Gasteiger partial charge is 0.197 e. The molecule has 0 saturated carbocycles. The lowest BCUT2D eigenvalue weighted by Crippen LogP contribution is -1.78. The van der Waals surface area contributed by atoms with Gasteiger partial charge in [0.1, 0.15) is 5.75 Å². The first-order valence-corrected chi connectivity index (χ1v) is 6.33. The molecule has 4 nitrogen and oxygen atoms in total. The third kappa shape index (κ3) is 1.48. The van der Waals surface area contributed by atoms with Gasteiger partial charge in [-0.2, -0.15) is 0 Å². The maximum absolute atomic E-state index is 9.96. The van der Waals surface area contributed by atoms with E-state index in [2.05, 4.69) is 9.97 Å². The highest BCUT2D eigenvalue weighted by Crippen LogP contribution is 2.35. The molecule has 4 N–H and O–H groups in total. The van der Waals surface area contributed by atoms with Gasteiger partial charge in [0.15, 0.2) is 5.88 Å². The molecule has 2 aromatic heterocycles. The van der Waals surface area contributed by atoms with Crippen molar-refractivity contribution in [3.8, 4) is 22.9 Å². The van der Waals surface area contributed by atoms with Crippen molar-refractivity contribution in [2.75, 3.05) is 0 Å². The van der Waals surface area contributed by atoms with Gasteiger partial charge in [-0.1, -0.05) is 18.2 Å². The van der Waals surface area contributed by atoms with E-state index < -0.39 is 0 Å². The fraction of sp³-hybridized carbons (Fsp3) is 0. The number of hydrogen-bond donors (Lipinski definition) is 4. The monoisotopic (exact) mass is 264 g/mol. The van der Waals surface area contributed by atoms with Crippen molar-refractivity contribution >= 4 is 21.7 Å². The third-order valence-corrected chi connectivity index (χ3v) is 3.59. The van der Waals surface area contributed by atoms with Crippen LogP contribution in [-0.4, -0.2) is 20.2 Å². The van der Waals surface area contributed by atoms with Crippen LogP contribution >= 0.6 is 0 Å². The summed E-state index contributed by atoms with van der Waals surface area (Å²) in [4.78, 5) is 6.14. The van der Waals surface area contributed by atoms with Crippen LogP contribution in [0.1, 0.15) is 0 Å². The average Bonchev–Trinajstić information content (AvgIpc) is 3.02. The molecule has 2 aromatic carbocycles. The Hall–Kier alpha value is -2.88. The van der Waals surface area contributed by atoms with E-state index >= 15 is 0 Å². The molecule has 0 aliphatic carbocycles. The highest BCUT2D eigenvalue weighted by molar-refractivity contribution is 6.01. The van der Waals surface area contributed by atoms with E-state index in [1.807, 2.05) is 30.3 Å². The summed E-state index contributed by atoms with van der Waals surface area (Å²) in [5.74, 6) is 0.405. The van der Waals surface area contributed by atoms with Gasteiger partial charge in [0, 0.05) is 33.7 Å². The summed E-state index contributed by atoms with van der Waals surface area (Å²) in [6, 6.07) is 13.0. The number of H-pyrrole nitrogens is 2. The zero-order chi connectivity index (χ0) is 13.7. The van der Waals surface area contributed by atoms with Crippen molar-refractivity contribution < 1.29 is 10.2 Å². The predicted molar refractivity (Wildman–Crippen MR) is 78.9 cm³/mol. The van der Waals surface area contributed by atoms with Crippen LogP contribution in [0, 0.1) is 0 Å². The lowest BCUT2D eigenvalue weighted by Gasteiger charge is -2.01. The quantitative estimate of drug-likeness (QED) is 0.423. The molecule has 98 valence electrons. The maximum Gasteiger partial charge on any atom is 0.197 e. The van der Waals surface area contributed by atoms with Crippen LogP contribution in [0.25, 0.3) is 32.9 Å². The zero-order valence-electron chi connectivity index (χ0n) is 10.5. The first kappa shape index (κ1) is 11.0. The number of hydrogen-bond acceptors (Lipinski definition) is 2. The molecule has 4 rings (SSSR count). The normalized spacial score (nSPS) is 11.4. The van der Waals surface area contributed by atoms with E-state index in [0.29, 0.717) is 0 Å². The molecule has 0 aliphatic heterocycles. The lowest BCUT2D eigenvalue weighted by atomic mass is 10.1. The van der Waals surface area contributed by atoms with Gasteiger partial charge < -0.3 is 20.2 Å². The molecule has 0 saturated heterocycles. The minimum Gasteiger partial charge on any atom is -0.508 e. The van der Waals surface area contributed by atoms with Crippen molar-refractivity contribution in [3.05, 3.63) is 48.7 Å².